The lowest BCUT2D eigenvalue weighted by atomic mass is 10.1. The smallest absolute Gasteiger partial charge is 0.260 e. The SMILES string of the molecule is Cc1ccc(N2C[C@@H](c3noc(-c4ccccc4F)n3)CC2=O)cc1. The molecule has 5 nitrogen and oxygen atoms in total. The molecular formula is C19H16FN3O2. The molecule has 1 aliphatic rings. The first kappa shape index (κ1) is 15.5. The molecule has 2 heterocycles. The maximum absolute atomic E-state index is 13.8. The Hall–Kier alpha value is -3.02. The molecule has 1 aromatic heterocycles. The van der Waals surface area contributed by atoms with Crippen molar-refractivity contribution in [2.24, 2.45) is 0 Å². The highest BCUT2D eigenvalue weighted by atomic mass is 19.1. The van der Waals surface area contributed by atoms with Crippen molar-refractivity contribution in [3.63, 3.8) is 0 Å². The van der Waals surface area contributed by atoms with Gasteiger partial charge in [0.05, 0.1) is 5.56 Å². The third-order valence-electron chi connectivity index (χ3n) is 4.38. The van der Waals surface area contributed by atoms with Gasteiger partial charge >= 0.3 is 0 Å². The van der Waals surface area contributed by atoms with Crippen molar-refractivity contribution in [3.05, 3.63) is 65.7 Å². The Labute approximate surface area is 144 Å². The molecular weight excluding hydrogens is 321 g/mol. The van der Waals surface area contributed by atoms with Gasteiger partial charge in [0.2, 0.25) is 5.91 Å². The highest BCUT2D eigenvalue weighted by Gasteiger charge is 2.34. The number of amides is 1. The van der Waals surface area contributed by atoms with Crippen molar-refractivity contribution in [3.8, 4) is 11.5 Å². The van der Waals surface area contributed by atoms with Crippen LogP contribution < -0.4 is 4.90 Å². The van der Waals surface area contributed by atoms with Crippen LogP contribution in [0.15, 0.2) is 53.1 Å². The van der Waals surface area contributed by atoms with Gasteiger partial charge in [0.1, 0.15) is 5.82 Å². The van der Waals surface area contributed by atoms with E-state index in [0.717, 1.165) is 11.3 Å². The summed E-state index contributed by atoms with van der Waals surface area (Å²) in [6.07, 6.45) is 0.310. The number of anilines is 1. The van der Waals surface area contributed by atoms with E-state index in [1.807, 2.05) is 31.2 Å². The summed E-state index contributed by atoms with van der Waals surface area (Å²) in [6, 6.07) is 14.0. The Bertz CT molecular complexity index is 920. The van der Waals surface area contributed by atoms with Gasteiger partial charge in [-0.05, 0) is 31.2 Å². The zero-order valence-corrected chi connectivity index (χ0v) is 13.6. The van der Waals surface area contributed by atoms with Crippen molar-refractivity contribution in [2.75, 3.05) is 11.4 Å². The van der Waals surface area contributed by atoms with Crippen LogP contribution in [0, 0.1) is 12.7 Å². The maximum Gasteiger partial charge on any atom is 0.260 e. The fourth-order valence-corrected chi connectivity index (χ4v) is 3.00. The molecule has 1 amide bonds. The molecule has 2 aromatic carbocycles. The lowest BCUT2D eigenvalue weighted by Crippen LogP contribution is -2.24. The molecule has 0 aliphatic carbocycles. The van der Waals surface area contributed by atoms with Gasteiger partial charge in [-0.3, -0.25) is 4.79 Å². The van der Waals surface area contributed by atoms with Crippen molar-refractivity contribution in [1.82, 2.24) is 10.1 Å². The normalized spacial score (nSPS) is 17.3. The molecule has 1 saturated heterocycles. The van der Waals surface area contributed by atoms with Gasteiger partial charge in [-0.15, -0.1) is 0 Å². The Morgan fingerprint density at radius 1 is 1.16 bits per heavy atom. The number of rotatable bonds is 3. The van der Waals surface area contributed by atoms with Crippen LogP contribution in [0.2, 0.25) is 0 Å². The fraction of sp³-hybridized carbons (Fsp3) is 0.211. The first-order chi connectivity index (χ1) is 12.1. The summed E-state index contributed by atoms with van der Waals surface area (Å²) in [5.41, 5.74) is 2.26. The summed E-state index contributed by atoms with van der Waals surface area (Å²) in [6.45, 7) is 2.49. The Balaban J connectivity index is 1.57. The first-order valence-corrected chi connectivity index (χ1v) is 8.07. The van der Waals surface area contributed by atoms with E-state index in [1.54, 1.807) is 23.1 Å². The van der Waals surface area contributed by atoms with Gasteiger partial charge in [-0.2, -0.15) is 4.98 Å². The third-order valence-corrected chi connectivity index (χ3v) is 4.38. The van der Waals surface area contributed by atoms with Crippen molar-refractivity contribution >= 4 is 11.6 Å². The number of carbonyl (C=O) groups excluding carboxylic acids is 1. The number of aryl methyl sites for hydroxylation is 1. The van der Waals surface area contributed by atoms with Crippen molar-refractivity contribution in [2.45, 2.75) is 19.3 Å². The lowest BCUT2D eigenvalue weighted by Gasteiger charge is -2.16. The molecule has 0 saturated carbocycles. The molecule has 1 fully saturated rings. The monoisotopic (exact) mass is 337 g/mol. The number of halogens is 1. The van der Waals surface area contributed by atoms with Gasteiger partial charge in [0.15, 0.2) is 5.82 Å². The second kappa shape index (κ2) is 6.12. The van der Waals surface area contributed by atoms with Crippen LogP contribution in [-0.4, -0.2) is 22.6 Å². The average molecular weight is 337 g/mol. The topological polar surface area (TPSA) is 59.2 Å². The van der Waals surface area contributed by atoms with Gasteiger partial charge in [0.25, 0.3) is 5.89 Å². The molecule has 126 valence electrons. The lowest BCUT2D eigenvalue weighted by molar-refractivity contribution is -0.117. The van der Waals surface area contributed by atoms with E-state index in [1.165, 1.54) is 6.07 Å². The van der Waals surface area contributed by atoms with Crippen molar-refractivity contribution in [1.29, 1.82) is 0 Å². The second-order valence-electron chi connectivity index (χ2n) is 6.18. The zero-order chi connectivity index (χ0) is 17.4. The van der Waals surface area contributed by atoms with E-state index in [2.05, 4.69) is 10.1 Å². The minimum absolute atomic E-state index is 0.0195. The van der Waals surface area contributed by atoms with Gasteiger partial charge in [-0.1, -0.05) is 35.0 Å². The van der Waals surface area contributed by atoms with Crippen LogP contribution in [0.4, 0.5) is 10.1 Å². The van der Waals surface area contributed by atoms with Gasteiger partial charge in [-0.25, -0.2) is 4.39 Å². The minimum atomic E-state index is -0.415. The Kier molecular flexibility index (Phi) is 3.80. The molecule has 0 spiro atoms. The molecule has 3 aromatic rings. The number of benzene rings is 2. The largest absolute Gasteiger partial charge is 0.334 e. The Morgan fingerprint density at radius 2 is 1.92 bits per heavy atom. The summed E-state index contributed by atoms with van der Waals surface area (Å²) >= 11 is 0. The molecule has 25 heavy (non-hydrogen) atoms. The van der Waals surface area contributed by atoms with Crippen LogP contribution in [0.5, 0.6) is 0 Å². The van der Waals surface area contributed by atoms with E-state index in [0.29, 0.717) is 18.8 Å². The molecule has 0 unspecified atom stereocenters. The third kappa shape index (κ3) is 2.91. The molecule has 6 heteroatoms. The van der Waals surface area contributed by atoms with E-state index < -0.39 is 5.82 Å². The summed E-state index contributed by atoms with van der Waals surface area (Å²) < 4.78 is 19.1. The first-order valence-electron chi connectivity index (χ1n) is 8.07. The molecule has 1 aliphatic heterocycles. The number of hydrogen-bond acceptors (Lipinski definition) is 4. The van der Waals surface area contributed by atoms with Crippen LogP contribution in [-0.2, 0) is 4.79 Å². The molecule has 1 atom stereocenters. The van der Waals surface area contributed by atoms with Crippen molar-refractivity contribution < 1.29 is 13.7 Å². The van der Waals surface area contributed by atoms with E-state index in [-0.39, 0.29) is 23.3 Å². The fourth-order valence-electron chi connectivity index (χ4n) is 3.00. The van der Waals surface area contributed by atoms with E-state index >= 15 is 0 Å². The standard InChI is InChI=1S/C19H16FN3O2/c1-12-6-8-14(9-7-12)23-11-13(10-17(23)24)18-21-19(25-22-18)15-4-2-3-5-16(15)20/h2-9,13H,10-11H2,1H3/t13-/m0/s1. The predicted octanol–water partition coefficient (Wildman–Crippen LogP) is 3.70. The van der Waals surface area contributed by atoms with Crippen LogP contribution >= 0.6 is 0 Å². The van der Waals surface area contributed by atoms with Gasteiger partial charge in [0, 0.05) is 24.6 Å². The highest BCUT2D eigenvalue weighted by Crippen LogP contribution is 2.32. The molecule has 4 rings (SSSR count). The summed E-state index contributed by atoms with van der Waals surface area (Å²) in [4.78, 5) is 18.4. The van der Waals surface area contributed by atoms with Crippen LogP contribution in [0.3, 0.4) is 0 Å². The number of aromatic nitrogens is 2. The summed E-state index contributed by atoms with van der Waals surface area (Å²) in [7, 11) is 0. The number of hydrogen-bond donors (Lipinski definition) is 0. The average Bonchev–Trinajstić information content (AvgIpc) is 3.23. The highest BCUT2D eigenvalue weighted by molar-refractivity contribution is 5.96. The predicted molar refractivity (Wildman–Crippen MR) is 90.6 cm³/mol. The molecule has 0 radical (unpaired) electrons. The summed E-state index contributed by atoms with van der Waals surface area (Å²) in [5.74, 6) is 0.00111. The quantitative estimate of drug-likeness (QED) is 0.731. The van der Waals surface area contributed by atoms with E-state index in [9.17, 15) is 9.18 Å². The van der Waals surface area contributed by atoms with Crippen LogP contribution in [0.1, 0.15) is 23.7 Å². The maximum atomic E-state index is 13.8. The van der Waals surface area contributed by atoms with Crippen LogP contribution in [0.25, 0.3) is 11.5 Å². The van der Waals surface area contributed by atoms with E-state index in [4.69, 9.17) is 4.52 Å². The van der Waals surface area contributed by atoms with Gasteiger partial charge < -0.3 is 9.42 Å². The summed E-state index contributed by atoms with van der Waals surface area (Å²) in [5, 5.41) is 3.96. The molecule has 0 bridgehead atoms. The zero-order valence-electron chi connectivity index (χ0n) is 13.6. The second-order valence-corrected chi connectivity index (χ2v) is 6.18. The molecule has 0 N–H and O–H groups in total. The number of nitrogens with zero attached hydrogens (tertiary/aromatic N) is 3. The Morgan fingerprint density at radius 3 is 2.68 bits per heavy atom. The minimum Gasteiger partial charge on any atom is -0.334 e. The number of carbonyl (C=O) groups is 1.